The van der Waals surface area contributed by atoms with Gasteiger partial charge >= 0.3 is 0 Å². The molecule has 1 fully saturated rings. The number of nitrogens with zero attached hydrogens (tertiary/aromatic N) is 1. The van der Waals surface area contributed by atoms with Crippen molar-refractivity contribution in [2.45, 2.75) is 36.8 Å². The van der Waals surface area contributed by atoms with Gasteiger partial charge in [-0.15, -0.1) is 0 Å². The highest BCUT2D eigenvalue weighted by Crippen LogP contribution is 2.54. The van der Waals surface area contributed by atoms with Gasteiger partial charge in [-0.3, -0.25) is 4.79 Å². The van der Waals surface area contributed by atoms with E-state index in [0.29, 0.717) is 30.9 Å². The maximum absolute atomic E-state index is 12.5. The van der Waals surface area contributed by atoms with Crippen LogP contribution in [0.2, 0.25) is 0 Å². The van der Waals surface area contributed by atoms with Crippen LogP contribution in [-0.4, -0.2) is 48.0 Å². The lowest BCUT2D eigenvalue weighted by Gasteiger charge is -2.38. The first kappa shape index (κ1) is 14.2. The highest BCUT2D eigenvalue weighted by Gasteiger charge is 2.58. The van der Waals surface area contributed by atoms with Gasteiger partial charge in [-0.1, -0.05) is 0 Å². The minimum atomic E-state index is -0.763. The second kappa shape index (κ2) is 4.66. The Kier molecular flexibility index (Phi) is 2.75. The summed E-state index contributed by atoms with van der Waals surface area (Å²) < 4.78 is 16.5. The van der Waals surface area contributed by atoms with E-state index in [-0.39, 0.29) is 18.6 Å². The van der Waals surface area contributed by atoms with Crippen molar-refractivity contribution in [1.82, 2.24) is 4.90 Å². The molecule has 5 rings (SSSR count). The number of carbonyl (C=O) groups excluding carboxylic acids is 1. The number of amides is 1. The van der Waals surface area contributed by atoms with Crippen LogP contribution in [0.4, 0.5) is 0 Å². The molecule has 6 nitrogen and oxygen atoms in total. The van der Waals surface area contributed by atoms with Gasteiger partial charge in [0, 0.05) is 18.9 Å². The minimum Gasteiger partial charge on any atom is -0.499 e. The van der Waals surface area contributed by atoms with Gasteiger partial charge in [-0.25, -0.2) is 0 Å². The lowest BCUT2D eigenvalue weighted by molar-refractivity contribution is -0.130. The molecule has 1 saturated heterocycles. The Morgan fingerprint density at radius 1 is 1.29 bits per heavy atom. The Bertz CT molecular complexity index is 773. The molecule has 3 aliphatic heterocycles. The topological polar surface area (TPSA) is 68.2 Å². The molecule has 1 spiro atoms. The second-order valence-corrected chi connectivity index (χ2v) is 6.86. The molecule has 0 aromatic heterocycles. The van der Waals surface area contributed by atoms with E-state index in [1.54, 1.807) is 7.11 Å². The van der Waals surface area contributed by atoms with Crippen LogP contribution in [0.15, 0.2) is 24.0 Å². The normalized spacial score (nSPS) is 32.8. The predicted octanol–water partition coefficient (Wildman–Crippen LogP) is 1.32. The SMILES string of the molecule is COC1=C[C@]23CCC(=O)N2CCc2cc4c(cc2[C@@H]3[C@@H]1O)OCO4. The molecule has 3 atom stereocenters. The van der Waals surface area contributed by atoms with Crippen molar-refractivity contribution < 1.29 is 24.1 Å². The summed E-state index contributed by atoms with van der Waals surface area (Å²) in [4.78, 5) is 14.4. The molecular weight excluding hydrogens is 310 g/mol. The molecule has 6 heteroatoms. The number of hydrogen-bond donors (Lipinski definition) is 1. The van der Waals surface area contributed by atoms with E-state index < -0.39 is 11.6 Å². The zero-order valence-electron chi connectivity index (χ0n) is 13.4. The van der Waals surface area contributed by atoms with Gasteiger partial charge in [0.15, 0.2) is 11.5 Å². The number of carbonyl (C=O) groups is 1. The number of methoxy groups -OCH3 is 1. The largest absolute Gasteiger partial charge is 0.499 e. The Labute approximate surface area is 139 Å². The molecule has 1 aromatic rings. The first-order valence-electron chi connectivity index (χ1n) is 8.32. The average molecular weight is 329 g/mol. The third-order valence-corrected chi connectivity index (χ3v) is 5.89. The molecule has 0 radical (unpaired) electrons. The third kappa shape index (κ3) is 1.61. The van der Waals surface area contributed by atoms with Crippen molar-refractivity contribution in [1.29, 1.82) is 0 Å². The summed E-state index contributed by atoms with van der Waals surface area (Å²) in [6, 6.07) is 3.97. The summed E-state index contributed by atoms with van der Waals surface area (Å²) in [5, 5.41) is 10.9. The lowest BCUT2D eigenvalue weighted by Crippen LogP contribution is -2.48. The molecule has 126 valence electrons. The molecule has 3 heterocycles. The fourth-order valence-corrected chi connectivity index (χ4v) is 4.83. The summed E-state index contributed by atoms with van der Waals surface area (Å²) >= 11 is 0. The summed E-state index contributed by atoms with van der Waals surface area (Å²) in [5.74, 6) is 1.91. The van der Waals surface area contributed by atoms with Crippen molar-refractivity contribution in [3.05, 3.63) is 35.1 Å². The summed E-state index contributed by atoms with van der Waals surface area (Å²) in [6.07, 6.45) is 3.16. The molecule has 0 bridgehead atoms. The van der Waals surface area contributed by atoms with E-state index >= 15 is 0 Å². The molecule has 1 N–H and O–H groups in total. The zero-order valence-corrected chi connectivity index (χ0v) is 13.4. The highest BCUT2D eigenvalue weighted by atomic mass is 16.7. The van der Waals surface area contributed by atoms with Crippen LogP contribution in [0, 0.1) is 0 Å². The monoisotopic (exact) mass is 329 g/mol. The maximum Gasteiger partial charge on any atom is 0.231 e. The molecule has 4 aliphatic rings. The van der Waals surface area contributed by atoms with Crippen LogP contribution in [-0.2, 0) is 16.0 Å². The number of ether oxygens (including phenoxy) is 3. The van der Waals surface area contributed by atoms with Gasteiger partial charge < -0.3 is 24.2 Å². The van der Waals surface area contributed by atoms with E-state index in [1.165, 1.54) is 0 Å². The van der Waals surface area contributed by atoms with E-state index in [2.05, 4.69) is 0 Å². The Hall–Kier alpha value is -2.21. The predicted molar refractivity (Wildman–Crippen MR) is 83.8 cm³/mol. The van der Waals surface area contributed by atoms with Crippen molar-refractivity contribution in [3.8, 4) is 11.5 Å². The number of hydrogen-bond acceptors (Lipinski definition) is 5. The Balaban J connectivity index is 1.72. The van der Waals surface area contributed by atoms with E-state index in [9.17, 15) is 9.90 Å². The third-order valence-electron chi connectivity index (χ3n) is 5.89. The molecular formula is C18H19NO5. The maximum atomic E-state index is 12.5. The van der Waals surface area contributed by atoms with Crippen LogP contribution < -0.4 is 9.47 Å². The molecule has 1 amide bonds. The summed E-state index contributed by atoms with van der Waals surface area (Å²) in [5.41, 5.74) is 1.64. The quantitative estimate of drug-likeness (QED) is 0.842. The average Bonchev–Trinajstić information content (AvgIpc) is 3.20. The van der Waals surface area contributed by atoms with Crippen LogP contribution in [0.1, 0.15) is 29.9 Å². The number of benzene rings is 1. The van der Waals surface area contributed by atoms with Gasteiger partial charge in [-0.2, -0.15) is 0 Å². The lowest BCUT2D eigenvalue weighted by atomic mass is 9.78. The fourth-order valence-electron chi connectivity index (χ4n) is 4.83. The van der Waals surface area contributed by atoms with E-state index in [1.807, 2.05) is 23.1 Å². The molecule has 24 heavy (non-hydrogen) atoms. The van der Waals surface area contributed by atoms with Gasteiger partial charge in [0.1, 0.15) is 11.9 Å². The number of aliphatic hydroxyl groups excluding tert-OH is 1. The number of aliphatic hydroxyl groups is 1. The fraction of sp³-hybridized carbons (Fsp3) is 0.500. The minimum absolute atomic E-state index is 0.147. The van der Waals surface area contributed by atoms with Crippen LogP contribution in [0.5, 0.6) is 11.5 Å². The molecule has 0 unspecified atom stereocenters. The van der Waals surface area contributed by atoms with Crippen LogP contribution >= 0.6 is 0 Å². The smallest absolute Gasteiger partial charge is 0.231 e. The van der Waals surface area contributed by atoms with Crippen molar-refractivity contribution in [2.24, 2.45) is 0 Å². The number of rotatable bonds is 1. The second-order valence-electron chi connectivity index (χ2n) is 6.86. The van der Waals surface area contributed by atoms with Gasteiger partial charge in [0.05, 0.1) is 12.6 Å². The standard InChI is InChI=1S/C18H19NO5/c1-22-14-8-18-4-2-15(20)19(18)5-3-10-6-12-13(24-9-23-12)7-11(10)16(18)17(14)21/h6-8,16-17,21H,2-5,9H2,1H3/t16-,17-,18+/m1/s1. The Morgan fingerprint density at radius 2 is 2.08 bits per heavy atom. The first-order valence-corrected chi connectivity index (χ1v) is 8.32. The Morgan fingerprint density at radius 3 is 2.88 bits per heavy atom. The van der Waals surface area contributed by atoms with Gasteiger partial charge in [-0.05, 0) is 42.2 Å². The zero-order chi connectivity index (χ0) is 16.5. The van der Waals surface area contributed by atoms with E-state index in [4.69, 9.17) is 14.2 Å². The van der Waals surface area contributed by atoms with Gasteiger partial charge in [0.2, 0.25) is 12.7 Å². The van der Waals surface area contributed by atoms with Crippen molar-refractivity contribution >= 4 is 5.91 Å². The molecule has 0 saturated carbocycles. The van der Waals surface area contributed by atoms with Crippen LogP contribution in [0.25, 0.3) is 0 Å². The van der Waals surface area contributed by atoms with E-state index in [0.717, 1.165) is 23.3 Å². The van der Waals surface area contributed by atoms with Gasteiger partial charge in [0.25, 0.3) is 0 Å². The summed E-state index contributed by atoms with van der Waals surface area (Å²) in [6.45, 7) is 0.866. The highest BCUT2D eigenvalue weighted by molar-refractivity contribution is 5.81. The van der Waals surface area contributed by atoms with Crippen molar-refractivity contribution in [2.75, 3.05) is 20.4 Å². The van der Waals surface area contributed by atoms with Crippen LogP contribution in [0.3, 0.4) is 0 Å². The van der Waals surface area contributed by atoms with Crippen molar-refractivity contribution in [3.63, 3.8) is 0 Å². The molecule has 1 aromatic carbocycles. The molecule has 1 aliphatic carbocycles. The number of fused-ring (bicyclic) bond motifs is 3. The summed E-state index contributed by atoms with van der Waals surface area (Å²) in [7, 11) is 1.57. The first-order chi connectivity index (χ1) is 11.6.